The van der Waals surface area contributed by atoms with Crippen LogP contribution in [-0.2, 0) is 4.74 Å². The Hall–Kier alpha value is -1.88. The van der Waals surface area contributed by atoms with Crippen molar-refractivity contribution in [3.8, 4) is 0 Å². The van der Waals surface area contributed by atoms with Gasteiger partial charge in [0.15, 0.2) is 0 Å². The van der Waals surface area contributed by atoms with Crippen LogP contribution in [0.3, 0.4) is 0 Å². The van der Waals surface area contributed by atoms with Crippen molar-refractivity contribution in [1.82, 2.24) is 4.98 Å². The number of aromatic amines is 1. The Bertz CT molecular complexity index is 666. The summed E-state index contributed by atoms with van der Waals surface area (Å²) >= 11 is 5.65. The molecule has 2 aromatic rings. The van der Waals surface area contributed by atoms with Gasteiger partial charge in [0, 0.05) is 11.2 Å². The summed E-state index contributed by atoms with van der Waals surface area (Å²) < 4.78 is 17.9. The Morgan fingerprint density at radius 3 is 2.82 bits per heavy atom. The first-order valence-corrected chi connectivity index (χ1v) is 5.01. The van der Waals surface area contributed by atoms with Crippen molar-refractivity contribution in [2.45, 2.75) is 0 Å². The van der Waals surface area contributed by atoms with E-state index in [1.165, 1.54) is 6.07 Å². The van der Waals surface area contributed by atoms with Crippen LogP contribution in [0.5, 0.6) is 0 Å². The van der Waals surface area contributed by atoms with Crippen LogP contribution in [0.15, 0.2) is 23.1 Å². The number of aromatic nitrogens is 1. The predicted octanol–water partition coefficient (Wildman–Crippen LogP) is 2.11. The van der Waals surface area contributed by atoms with Crippen molar-refractivity contribution >= 4 is 28.5 Å². The number of H-pyrrole nitrogens is 1. The summed E-state index contributed by atoms with van der Waals surface area (Å²) in [7, 11) is 1.16. The van der Waals surface area contributed by atoms with Gasteiger partial charge in [-0.25, -0.2) is 9.18 Å². The molecule has 0 bridgehead atoms. The van der Waals surface area contributed by atoms with Gasteiger partial charge in [-0.3, -0.25) is 4.79 Å². The number of esters is 1. The zero-order valence-corrected chi connectivity index (χ0v) is 9.47. The summed E-state index contributed by atoms with van der Waals surface area (Å²) in [6.45, 7) is 0. The fraction of sp³-hybridized carbons (Fsp3) is 0.0909. The van der Waals surface area contributed by atoms with Crippen LogP contribution >= 0.6 is 11.6 Å². The van der Waals surface area contributed by atoms with E-state index in [-0.39, 0.29) is 21.5 Å². The summed E-state index contributed by atoms with van der Waals surface area (Å²) in [6.07, 6.45) is 1.12. The van der Waals surface area contributed by atoms with E-state index in [1.807, 2.05) is 0 Å². The van der Waals surface area contributed by atoms with Gasteiger partial charge in [0.1, 0.15) is 11.4 Å². The molecule has 0 aliphatic carbocycles. The molecule has 0 unspecified atom stereocenters. The van der Waals surface area contributed by atoms with Crippen molar-refractivity contribution < 1.29 is 13.9 Å². The smallest absolute Gasteiger partial charge is 0.343 e. The molecule has 6 heteroatoms. The molecule has 0 radical (unpaired) electrons. The van der Waals surface area contributed by atoms with E-state index in [0.29, 0.717) is 0 Å². The Labute approximate surface area is 100.0 Å². The summed E-state index contributed by atoms with van der Waals surface area (Å²) in [6, 6.07) is 2.38. The lowest BCUT2D eigenvalue weighted by molar-refractivity contribution is 0.0599. The second-order valence-electron chi connectivity index (χ2n) is 3.33. The molecule has 1 heterocycles. The van der Waals surface area contributed by atoms with Gasteiger partial charge >= 0.3 is 5.97 Å². The molecule has 2 rings (SSSR count). The third-order valence-electron chi connectivity index (χ3n) is 2.31. The van der Waals surface area contributed by atoms with Gasteiger partial charge in [-0.15, -0.1) is 0 Å². The van der Waals surface area contributed by atoms with Gasteiger partial charge in [-0.1, -0.05) is 11.6 Å². The average molecular weight is 256 g/mol. The monoisotopic (exact) mass is 255 g/mol. The molecule has 0 spiro atoms. The summed E-state index contributed by atoms with van der Waals surface area (Å²) in [5, 5.41) is 0.0976. The van der Waals surface area contributed by atoms with E-state index in [4.69, 9.17) is 11.6 Å². The summed E-state index contributed by atoms with van der Waals surface area (Å²) in [5.74, 6) is -1.44. The molecule has 0 aliphatic heterocycles. The molecule has 0 fully saturated rings. The molecule has 0 aliphatic rings. The summed E-state index contributed by atoms with van der Waals surface area (Å²) in [4.78, 5) is 25.7. The molecule has 0 atom stereocenters. The maximum absolute atomic E-state index is 13.5. The molecule has 0 saturated heterocycles. The second-order valence-corrected chi connectivity index (χ2v) is 3.77. The lowest BCUT2D eigenvalue weighted by atomic mass is 10.1. The predicted molar refractivity (Wildman–Crippen MR) is 60.9 cm³/mol. The van der Waals surface area contributed by atoms with Crippen LogP contribution in [0, 0.1) is 5.82 Å². The number of carbonyl (C=O) groups is 1. The third kappa shape index (κ3) is 1.89. The number of hydrogen-bond donors (Lipinski definition) is 1. The largest absolute Gasteiger partial charge is 0.465 e. The van der Waals surface area contributed by atoms with E-state index in [1.54, 1.807) is 0 Å². The van der Waals surface area contributed by atoms with E-state index in [9.17, 15) is 14.0 Å². The molecule has 1 aromatic carbocycles. The number of pyridine rings is 1. The Balaban J connectivity index is 2.85. The van der Waals surface area contributed by atoms with Crippen LogP contribution in [0.4, 0.5) is 4.39 Å². The fourth-order valence-corrected chi connectivity index (χ4v) is 1.72. The van der Waals surface area contributed by atoms with Crippen molar-refractivity contribution in [2.24, 2.45) is 0 Å². The quantitative estimate of drug-likeness (QED) is 0.794. The highest BCUT2D eigenvalue weighted by molar-refractivity contribution is 6.31. The van der Waals surface area contributed by atoms with Gasteiger partial charge in [-0.05, 0) is 12.1 Å². The number of hydrogen-bond acceptors (Lipinski definition) is 3. The van der Waals surface area contributed by atoms with Gasteiger partial charge in [0.2, 0.25) is 5.43 Å². The minimum Gasteiger partial charge on any atom is -0.465 e. The number of rotatable bonds is 1. The fourth-order valence-electron chi connectivity index (χ4n) is 1.52. The van der Waals surface area contributed by atoms with E-state index >= 15 is 0 Å². The highest BCUT2D eigenvalue weighted by atomic mass is 35.5. The minimum atomic E-state index is -0.784. The molecular formula is C11H7ClFNO3. The number of fused-ring (bicyclic) bond motifs is 1. The lowest BCUT2D eigenvalue weighted by Crippen LogP contribution is -2.17. The topological polar surface area (TPSA) is 59.2 Å². The normalized spacial score (nSPS) is 10.5. The van der Waals surface area contributed by atoms with Crippen molar-refractivity contribution in [3.63, 3.8) is 0 Å². The van der Waals surface area contributed by atoms with Crippen LogP contribution in [0.2, 0.25) is 5.02 Å². The maximum Gasteiger partial charge on any atom is 0.343 e. The second kappa shape index (κ2) is 4.18. The van der Waals surface area contributed by atoms with Gasteiger partial charge < -0.3 is 9.72 Å². The van der Waals surface area contributed by atoms with Gasteiger partial charge in [-0.2, -0.15) is 0 Å². The van der Waals surface area contributed by atoms with Gasteiger partial charge in [0.25, 0.3) is 0 Å². The van der Waals surface area contributed by atoms with Crippen LogP contribution in [0.1, 0.15) is 10.4 Å². The minimum absolute atomic E-state index is 0.00653. The maximum atomic E-state index is 13.5. The van der Waals surface area contributed by atoms with Crippen LogP contribution < -0.4 is 5.43 Å². The molecule has 0 amide bonds. The number of methoxy groups -OCH3 is 1. The molecule has 0 saturated carbocycles. The Morgan fingerprint density at radius 1 is 1.47 bits per heavy atom. The van der Waals surface area contributed by atoms with E-state index in [2.05, 4.69) is 9.72 Å². The zero-order chi connectivity index (χ0) is 12.6. The first-order valence-electron chi connectivity index (χ1n) is 4.63. The number of halogens is 2. The number of nitrogens with one attached hydrogen (secondary N) is 1. The molecule has 1 N–H and O–H groups in total. The zero-order valence-electron chi connectivity index (χ0n) is 8.71. The van der Waals surface area contributed by atoms with Crippen molar-refractivity contribution in [3.05, 3.63) is 45.0 Å². The number of ether oxygens (including phenoxy) is 1. The molecular weight excluding hydrogens is 249 g/mol. The highest BCUT2D eigenvalue weighted by Gasteiger charge is 2.15. The van der Waals surface area contributed by atoms with Gasteiger partial charge in [0.05, 0.1) is 18.0 Å². The standard InChI is InChI=1S/C11H7ClFNO3/c1-17-11(16)7-4-14-9-6(10(7)15)2-5(12)3-8(9)13/h2-4H,1H3,(H,14,15). The summed E-state index contributed by atoms with van der Waals surface area (Å²) in [5.41, 5.74) is -0.805. The van der Waals surface area contributed by atoms with E-state index in [0.717, 1.165) is 19.4 Å². The first-order chi connectivity index (χ1) is 8.04. The molecule has 1 aromatic heterocycles. The Morgan fingerprint density at radius 2 is 2.18 bits per heavy atom. The third-order valence-corrected chi connectivity index (χ3v) is 2.53. The average Bonchev–Trinajstić information content (AvgIpc) is 2.29. The van der Waals surface area contributed by atoms with Crippen LogP contribution in [0.25, 0.3) is 10.9 Å². The van der Waals surface area contributed by atoms with Crippen molar-refractivity contribution in [2.75, 3.05) is 7.11 Å². The van der Waals surface area contributed by atoms with E-state index < -0.39 is 17.2 Å². The van der Waals surface area contributed by atoms with Crippen molar-refractivity contribution in [1.29, 1.82) is 0 Å². The molecule has 17 heavy (non-hydrogen) atoms. The first kappa shape index (κ1) is 11.6. The molecule has 4 nitrogen and oxygen atoms in total. The lowest BCUT2D eigenvalue weighted by Gasteiger charge is -2.03. The highest BCUT2D eigenvalue weighted by Crippen LogP contribution is 2.19. The van der Waals surface area contributed by atoms with Crippen LogP contribution in [-0.4, -0.2) is 18.1 Å². The number of benzene rings is 1. The number of carbonyl (C=O) groups excluding carboxylic acids is 1. The SMILES string of the molecule is COC(=O)c1c[nH]c2c(F)cc(Cl)cc2c1=O. The molecule has 88 valence electrons. The Kier molecular flexibility index (Phi) is 2.85.